The van der Waals surface area contributed by atoms with E-state index in [-0.39, 0.29) is 11.5 Å². The molecule has 1 aromatic heterocycles. The number of nitrogens with one attached hydrogen (secondary N) is 1. The van der Waals surface area contributed by atoms with Crippen LogP contribution < -0.4 is 10.8 Å². The third kappa shape index (κ3) is 0.987. The number of nitrogens with two attached hydrogens (primary N) is 1. The Morgan fingerprint density at radius 1 is 1.89 bits per heavy atom. The normalized spacial score (nSPS) is 9.33. The van der Waals surface area contributed by atoms with E-state index in [4.69, 9.17) is 5.73 Å². The average Bonchev–Trinajstić information content (AvgIpc) is 2.14. The Morgan fingerprint density at radius 2 is 2.56 bits per heavy atom. The van der Waals surface area contributed by atoms with E-state index in [1.54, 1.807) is 0 Å². The first-order chi connectivity index (χ1) is 4.20. The van der Waals surface area contributed by atoms with Gasteiger partial charge in [0.25, 0.3) is 0 Å². The molecule has 1 rings (SSSR count). The SMILES string of the molecule is Nc1cc(C(=O)[O-])[nH]n1. The first kappa shape index (κ1) is 5.61. The number of aromatic nitrogens is 2. The fourth-order valence-corrected chi connectivity index (χ4v) is 0.442. The van der Waals surface area contributed by atoms with E-state index in [1.165, 1.54) is 6.07 Å². The first-order valence-corrected chi connectivity index (χ1v) is 2.22. The van der Waals surface area contributed by atoms with Crippen molar-refractivity contribution in [3.8, 4) is 0 Å². The van der Waals surface area contributed by atoms with Crippen molar-refractivity contribution in [1.82, 2.24) is 10.2 Å². The lowest BCUT2D eigenvalue weighted by Crippen LogP contribution is -2.22. The molecule has 0 aromatic carbocycles. The van der Waals surface area contributed by atoms with Crippen molar-refractivity contribution in [2.75, 3.05) is 5.73 Å². The van der Waals surface area contributed by atoms with Gasteiger partial charge in [-0.25, -0.2) is 0 Å². The molecule has 5 heteroatoms. The van der Waals surface area contributed by atoms with E-state index in [2.05, 4.69) is 10.2 Å². The molecule has 9 heavy (non-hydrogen) atoms. The van der Waals surface area contributed by atoms with Gasteiger partial charge < -0.3 is 15.6 Å². The molecule has 1 aromatic rings. The van der Waals surface area contributed by atoms with Gasteiger partial charge in [-0.3, -0.25) is 5.10 Å². The Hall–Kier alpha value is -1.52. The molecule has 1 heterocycles. The zero-order valence-electron chi connectivity index (χ0n) is 4.42. The summed E-state index contributed by atoms with van der Waals surface area (Å²) < 4.78 is 0. The summed E-state index contributed by atoms with van der Waals surface area (Å²) in [6, 6.07) is 1.19. The molecule has 0 fully saturated rings. The Labute approximate surface area is 50.5 Å². The summed E-state index contributed by atoms with van der Waals surface area (Å²) in [6.07, 6.45) is 0. The summed E-state index contributed by atoms with van der Waals surface area (Å²) in [4.78, 5) is 9.98. The summed E-state index contributed by atoms with van der Waals surface area (Å²) in [6.45, 7) is 0. The molecule has 3 N–H and O–H groups in total. The minimum Gasteiger partial charge on any atom is -0.543 e. The fraction of sp³-hybridized carbons (Fsp3) is 0. The van der Waals surface area contributed by atoms with E-state index in [9.17, 15) is 9.90 Å². The number of carboxylic acids is 1. The number of aromatic amines is 1. The maximum atomic E-state index is 9.98. The third-order valence-corrected chi connectivity index (χ3v) is 0.818. The number of hydrogen-bond acceptors (Lipinski definition) is 4. The molecule has 0 amide bonds. The zero-order valence-corrected chi connectivity index (χ0v) is 4.42. The van der Waals surface area contributed by atoms with Gasteiger partial charge in [0.1, 0.15) is 5.82 Å². The number of carbonyl (C=O) groups is 1. The van der Waals surface area contributed by atoms with Crippen molar-refractivity contribution < 1.29 is 9.90 Å². The molecule has 0 aliphatic rings. The van der Waals surface area contributed by atoms with Crippen LogP contribution >= 0.6 is 0 Å². The van der Waals surface area contributed by atoms with E-state index in [0.717, 1.165) is 0 Å². The number of nitrogen functional groups attached to an aromatic ring is 1. The van der Waals surface area contributed by atoms with Crippen LogP contribution in [0.3, 0.4) is 0 Å². The Morgan fingerprint density at radius 3 is 2.78 bits per heavy atom. The molecular weight excluding hydrogens is 122 g/mol. The second-order valence-electron chi connectivity index (χ2n) is 1.49. The minimum absolute atomic E-state index is 0.104. The number of rotatable bonds is 1. The highest BCUT2D eigenvalue weighted by Crippen LogP contribution is 1.97. The van der Waals surface area contributed by atoms with Crippen molar-refractivity contribution in [2.24, 2.45) is 0 Å². The second kappa shape index (κ2) is 1.77. The zero-order chi connectivity index (χ0) is 6.85. The Balaban J connectivity index is 2.98. The van der Waals surface area contributed by atoms with Crippen LogP contribution in [0.4, 0.5) is 5.82 Å². The first-order valence-electron chi connectivity index (χ1n) is 2.22. The van der Waals surface area contributed by atoms with Gasteiger partial charge in [0.15, 0.2) is 0 Å². The molecule has 0 aliphatic carbocycles. The lowest BCUT2D eigenvalue weighted by Gasteiger charge is -1.91. The van der Waals surface area contributed by atoms with Crippen LogP contribution in [0.1, 0.15) is 10.5 Å². The maximum Gasteiger partial charge on any atom is 0.145 e. The smallest absolute Gasteiger partial charge is 0.145 e. The number of aromatic carboxylic acids is 1. The Bertz CT molecular complexity index is 229. The van der Waals surface area contributed by atoms with Gasteiger partial charge in [-0.15, -0.1) is 0 Å². The number of carboxylic acid groups (broad SMARTS) is 1. The molecule has 0 saturated carbocycles. The van der Waals surface area contributed by atoms with E-state index in [0.29, 0.717) is 0 Å². The fourth-order valence-electron chi connectivity index (χ4n) is 0.442. The predicted molar refractivity (Wildman–Crippen MR) is 27.3 cm³/mol. The van der Waals surface area contributed by atoms with Gasteiger partial charge in [-0.2, -0.15) is 5.10 Å². The molecule has 0 aliphatic heterocycles. The van der Waals surface area contributed by atoms with Crippen molar-refractivity contribution in [3.05, 3.63) is 11.8 Å². The van der Waals surface area contributed by atoms with E-state index in [1.807, 2.05) is 0 Å². The van der Waals surface area contributed by atoms with Gasteiger partial charge in [0, 0.05) is 6.07 Å². The van der Waals surface area contributed by atoms with E-state index >= 15 is 0 Å². The van der Waals surface area contributed by atoms with Crippen LogP contribution in [0, 0.1) is 0 Å². The van der Waals surface area contributed by atoms with Gasteiger partial charge in [-0.1, -0.05) is 0 Å². The highest BCUT2D eigenvalue weighted by atomic mass is 16.4. The topological polar surface area (TPSA) is 94.8 Å². The van der Waals surface area contributed by atoms with Gasteiger partial charge >= 0.3 is 0 Å². The molecular formula is C4H4N3O2-. The Kier molecular flexibility index (Phi) is 1.11. The van der Waals surface area contributed by atoms with Crippen molar-refractivity contribution in [1.29, 1.82) is 0 Å². The summed E-state index contributed by atoms with van der Waals surface area (Å²) >= 11 is 0. The van der Waals surface area contributed by atoms with Crippen molar-refractivity contribution in [3.63, 3.8) is 0 Å². The molecule has 0 radical (unpaired) electrons. The monoisotopic (exact) mass is 126 g/mol. The lowest BCUT2D eigenvalue weighted by atomic mass is 10.4. The highest BCUT2D eigenvalue weighted by molar-refractivity contribution is 5.84. The van der Waals surface area contributed by atoms with Gasteiger partial charge in [0.05, 0.1) is 11.7 Å². The van der Waals surface area contributed by atoms with Crippen LogP contribution in [-0.2, 0) is 0 Å². The largest absolute Gasteiger partial charge is 0.543 e. The number of carbonyl (C=O) groups excluding carboxylic acids is 1. The maximum absolute atomic E-state index is 9.98. The number of hydrogen-bond donors (Lipinski definition) is 2. The van der Waals surface area contributed by atoms with Gasteiger partial charge in [-0.05, 0) is 0 Å². The minimum atomic E-state index is -1.31. The lowest BCUT2D eigenvalue weighted by molar-refractivity contribution is -0.255. The van der Waals surface area contributed by atoms with Crippen LogP contribution in [-0.4, -0.2) is 16.2 Å². The number of anilines is 1. The van der Waals surface area contributed by atoms with Gasteiger partial charge in [0.2, 0.25) is 0 Å². The molecule has 0 saturated heterocycles. The molecule has 5 nitrogen and oxygen atoms in total. The molecule has 48 valence electrons. The third-order valence-electron chi connectivity index (χ3n) is 0.818. The number of nitrogens with zero attached hydrogens (tertiary/aromatic N) is 1. The highest BCUT2D eigenvalue weighted by Gasteiger charge is 1.94. The van der Waals surface area contributed by atoms with Crippen LogP contribution in [0.25, 0.3) is 0 Å². The second-order valence-corrected chi connectivity index (χ2v) is 1.49. The summed E-state index contributed by atoms with van der Waals surface area (Å²) in [5, 5.41) is 15.5. The standard InChI is InChI=1S/C4H5N3O2/c5-3-1-2(4(8)9)6-7-3/h1H,(H,8,9)(H3,5,6,7)/p-1. The summed E-state index contributed by atoms with van der Waals surface area (Å²) in [7, 11) is 0. The summed E-state index contributed by atoms with van der Waals surface area (Å²) in [5.41, 5.74) is 4.98. The van der Waals surface area contributed by atoms with Crippen molar-refractivity contribution in [2.45, 2.75) is 0 Å². The van der Waals surface area contributed by atoms with Crippen LogP contribution in [0.15, 0.2) is 6.07 Å². The predicted octanol–water partition coefficient (Wildman–Crippen LogP) is -1.64. The summed E-state index contributed by atoms with van der Waals surface area (Å²) in [5.74, 6) is -1.16. The molecule has 0 spiro atoms. The van der Waals surface area contributed by atoms with Crippen LogP contribution in [0.2, 0.25) is 0 Å². The van der Waals surface area contributed by atoms with Crippen molar-refractivity contribution >= 4 is 11.8 Å². The van der Waals surface area contributed by atoms with E-state index < -0.39 is 5.97 Å². The molecule has 0 unspecified atom stereocenters. The quantitative estimate of drug-likeness (QED) is 0.471. The average molecular weight is 126 g/mol. The number of H-pyrrole nitrogens is 1. The molecule has 0 atom stereocenters. The van der Waals surface area contributed by atoms with Crippen LogP contribution in [0.5, 0.6) is 0 Å². The molecule has 0 bridgehead atoms.